The molecule has 5 heteroatoms. The van der Waals surface area contributed by atoms with E-state index in [-0.39, 0.29) is 6.61 Å². The summed E-state index contributed by atoms with van der Waals surface area (Å²) in [6.07, 6.45) is 0. The number of cyclic esters (lactones) is 1. The van der Waals surface area contributed by atoms with Crippen molar-refractivity contribution in [3.05, 3.63) is 0 Å². The smallest absolute Gasteiger partial charge is 0.311 e. The lowest BCUT2D eigenvalue weighted by Gasteiger charge is -2.02. The number of ether oxygens (including phenoxy) is 1. The second kappa shape index (κ2) is 1.77. The molecular weight excluding hydrogens is 216 g/mol. The van der Waals surface area contributed by atoms with E-state index in [4.69, 9.17) is 5.11 Å². The Bertz CT molecular complexity index is 245. The number of esters is 1. The van der Waals surface area contributed by atoms with Crippen molar-refractivity contribution in [3.63, 3.8) is 0 Å². The number of halogens is 1. The molecule has 0 spiro atoms. The molecule has 1 saturated carbocycles. The predicted molar refractivity (Wildman–Crippen MR) is 37.2 cm³/mol. The Balaban J connectivity index is 2.24. The number of hydrogen-bond acceptors (Lipinski definition) is 3. The summed E-state index contributed by atoms with van der Waals surface area (Å²) in [6.45, 7) is 0.188. The van der Waals surface area contributed by atoms with Gasteiger partial charge in [0.25, 0.3) is 0 Å². The number of carbonyl (C=O) groups is 2. The Morgan fingerprint density at radius 2 is 2.45 bits per heavy atom. The molecule has 1 aliphatic heterocycles. The van der Waals surface area contributed by atoms with Crippen LogP contribution < -0.4 is 0 Å². The van der Waals surface area contributed by atoms with Gasteiger partial charge in [-0.05, 0) is 0 Å². The fraction of sp³-hybridized carbons (Fsp3) is 0.667. The monoisotopic (exact) mass is 220 g/mol. The maximum Gasteiger partial charge on any atom is 0.311 e. The lowest BCUT2D eigenvalue weighted by molar-refractivity contribution is -0.148. The number of carboxylic acids is 1. The van der Waals surface area contributed by atoms with Gasteiger partial charge >= 0.3 is 11.9 Å². The van der Waals surface area contributed by atoms with Crippen molar-refractivity contribution in [2.45, 2.75) is 4.32 Å². The molecular formula is C6H5BrO4. The van der Waals surface area contributed by atoms with E-state index in [1.807, 2.05) is 0 Å². The molecule has 3 atom stereocenters. The molecule has 0 aromatic heterocycles. The number of hydrogen-bond donors (Lipinski definition) is 1. The van der Waals surface area contributed by atoms with Crippen LogP contribution >= 0.6 is 15.9 Å². The van der Waals surface area contributed by atoms with Crippen LogP contribution in [0.1, 0.15) is 0 Å². The molecule has 60 valence electrons. The molecule has 1 aliphatic carbocycles. The second-order valence-electron chi connectivity index (χ2n) is 2.83. The minimum absolute atomic E-state index is 0.188. The van der Waals surface area contributed by atoms with E-state index in [1.54, 1.807) is 0 Å². The number of carboxylic acid groups (broad SMARTS) is 1. The van der Waals surface area contributed by atoms with Crippen molar-refractivity contribution >= 4 is 27.9 Å². The highest BCUT2D eigenvalue weighted by atomic mass is 79.9. The summed E-state index contributed by atoms with van der Waals surface area (Å²) in [7, 11) is 0. The lowest BCUT2D eigenvalue weighted by atomic mass is 10.3. The fourth-order valence-electron chi connectivity index (χ4n) is 1.54. The van der Waals surface area contributed by atoms with Gasteiger partial charge in [-0.15, -0.1) is 0 Å². The average Bonchev–Trinajstić information content (AvgIpc) is 2.43. The zero-order valence-corrected chi connectivity index (χ0v) is 7.00. The average molecular weight is 221 g/mol. The largest absolute Gasteiger partial charge is 0.481 e. The maximum atomic E-state index is 10.8. The van der Waals surface area contributed by atoms with Gasteiger partial charge in [0.05, 0.1) is 16.2 Å². The fourth-order valence-corrected chi connectivity index (χ4v) is 2.43. The Morgan fingerprint density at radius 3 is 2.73 bits per heavy atom. The third-order valence-corrected chi connectivity index (χ3v) is 3.43. The zero-order chi connectivity index (χ0) is 8.22. The van der Waals surface area contributed by atoms with Gasteiger partial charge in [-0.1, -0.05) is 15.9 Å². The van der Waals surface area contributed by atoms with Gasteiger partial charge in [0.2, 0.25) is 0 Å². The van der Waals surface area contributed by atoms with Crippen LogP contribution in [0, 0.1) is 11.8 Å². The van der Waals surface area contributed by atoms with E-state index >= 15 is 0 Å². The quantitative estimate of drug-likeness (QED) is 0.500. The van der Waals surface area contributed by atoms with Crippen LogP contribution in [0.25, 0.3) is 0 Å². The highest BCUT2D eigenvalue weighted by Gasteiger charge is 2.75. The summed E-state index contributed by atoms with van der Waals surface area (Å²) in [5.41, 5.74) is 0. The molecule has 2 aliphatic rings. The number of fused-ring (bicyclic) bond motifs is 1. The van der Waals surface area contributed by atoms with Crippen molar-refractivity contribution in [1.29, 1.82) is 0 Å². The van der Waals surface area contributed by atoms with Crippen molar-refractivity contribution < 1.29 is 19.4 Å². The van der Waals surface area contributed by atoms with Crippen molar-refractivity contribution in [1.82, 2.24) is 0 Å². The van der Waals surface area contributed by atoms with E-state index < -0.39 is 28.1 Å². The van der Waals surface area contributed by atoms with E-state index in [9.17, 15) is 9.59 Å². The Kier molecular flexibility index (Phi) is 1.14. The molecule has 0 aromatic carbocycles. The first-order chi connectivity index (χ1) is 5.07. The summed E-state index contributed by atoms with van der Waals surface area (Å²) in [5, 5.41) is 8.60. The van der Waals surface area contributed by atoms with E-state index in [1.165, 1.54) is 0 Å². The number of aliphatic carboxylic acids is 1. The zero-order valence-electron chi connectivity index (χ0n) is 5.41. The van der Waals surface area contributed by atoms with Gasteiger partial charge in [0.15, 0.2) is 0 Å². The van der Waals surface area contributed by atoms with Crippen LogP contribution in [0.5, 0.6) is 0 Å². The topological polar surface area (TPSA) is 63.6 Å². The normalized spacial score (nSPS) is 46.5. The number of alkyl halides is 1. The van der Waals surface area contributed by atoms with Crippen LogP contribution in [0.2, 0.25) is 0 Å². The molecule has 4 nitrogen and oxygen atoms in total. The van der Waals surface area contributed by atoms with Gasteiger partial charge in [-0.3, -0.25) is 9.59 Å². The predicted octanol–water partition coefficient (Wildman–Crippen LogP) is 0.00750. The van der Waals surface area contributed by atoms with E-state index in [2.05, 4.69) is 20.7 Å². The molecule has 0 amide bonds. The second-order valence-corrected chi connectivity index (χ2v) is 4.30. The van der Waals surface area contributed by atoms with E-state index in [0.29, 0.717) is 0 Å². The highest BCUT2D eigenvalue weighted by Crippen LogP contribution is 2.61. The summed E-state index contributed by atoms with van der Waals surface area (Å²) in [4.78, 5) is 21.3. The highest BCUT2D eigenvalue weighted by molar-refractivity contribution is 9.10. The third kappa shape index (κ3) is 0.690. The minimum atomic E-state index is -0.927. The molecule has 0 unspecified atom stereocenters. The molecule has 11 heavy (non-hydrogen) atoms. The molecule has 2 rings (SSSR count). The minimum Gasteiger partial charge on any atom is -0.481 e. The van der Waals surface area contributed by atoms with Gasteiger partial charge in [0.1, 0.15) is 6.61 Å². The van der Waals surface area contributed by atoms with Crippen LogP contribution in [-0.2, 0) is 14.3 Å². The Hall–Kier alpha value is -0.580. The third-order valence-electron chi connectivity index (χ3n) is 2.21. The number of carbonyl (C=O) groups excluding carboxylic acids is 1. The first-order valence-corrected chi connectivity index (χ1v) is 3.95. The lowest BCUT2D eigenvalue weighted by Crippen LogP contribution is -2.16. The summed E-state index contributed by atoms with van der Waals surface area (Å²) in [5.74, 6) is -2.36. The van der Waals surface area contributed by atoms with Crippen molar-refractivity contribution in [2.24, 2.45) is 11.8 Å². The molecule has 1 N–H and O–H groups in total. The molecule has 1 saturated heterocycles. The van der Waals surface area contributed by atoms with Crippen LogP contribution in [0.15, 0.2) is 0 Å². The van der Waals surface area contributed by atoms with Crippen LogP contribution in [-0.4, -0.2) is 28.0 Å². The maximum absolute atomic E-state index is 10.8. The Labute approximate surface area is 70.7 Å². The van der Waals surface area contributed by atoms with Gasteiger partial charge in [-0.25, -0.2) is 0 Å². The van der Waals surface area contributed by atoms with Crippen LogP contribution in [0.3, 0.4) is 0 Å². The first-order valence-electron chi connectivity index (χ1n) is 3.16. The van der Waals surface area contributed by atoms with Crippen molar-refractivity contribution in [2.75, 3.05) is 6.61 Å². The molecule has 0 aromatic rings. The van der Waals surface area contributed by atoms with Gasteiger partial charge in [-0.2, -0.15) is 0 Å². The summed E-state index contributed by atoms with van der Waals surface area (Å²) < 4.78 is 4.06. The van der Waals surface area contributed by atoms with Crippen molar-refractivity contribution in [3.8, 4) is 0 Å². The van der Waals surface area contributed by atoms with E-state index in [0.717, 1.165) is 0 Å². The Morgan fingerprint density at radius 1 is 1.82 bits per heavy atom. The summed E-state index contributed by atoms with van der Waals surface area (Å²) >= 11 is 3.20. The van der Waals surface area contributed by atoms with Gasteiger partial charge < -0.3 is 9.84 Å². The van der Waals surface area contributed by atoms with Gasteiger partial charge in [0, 0.05) is 0 Å². The molecule has 0 radical (unpaired) electrons. The summed E-state index contributed by atoms with van der Waals surface area (Å²) in [6, 6.07) is 0. The molecule has 0 bridgehead atoms. The number of rotatable bonds is 1. The molecule has 2 fully saturated rings. The first kappa shape index (κ1) is 7.09. The SMILES string of the molecule is O=C(O)[C@H]1[C@@H]2C(=O)OC[C@@]12Br. The molecule has 1 heterocycles. The van der Waals surface area contributed by atoms with Crippen LogP contribution in [0.4, 0.5) is 0 Å². The standard InChI is InChI=1S/C6H5BrO4/c7-6-1-11-5(10)3(6)2(6)4(8)9/h2-3H,1H2,(H,8,9)/t2-,3-,6-/m1/s1.